The SMILES string of the molecule is CC(Nc1nnc(CN)o1)c1nccs1. The molecule has 0 bridgehead atoms. The molecule has 80 valence electrons. The molecule has 0 spiro atoms. The second kappa shape index (κ2) is 4.37. The van der Waals surface area contributed by atoms with Gasteiger partial charge in [0.25, 0.3) is 0 Å². The van der Waals surface area contributed by atoms with Crippen LogP contribution in [0.5, 0.6) is 0 Å². The maximum absolute atomic E-state index is 5.35. The van der Waals surface area contributed by atoms with Crippen molar-refractivity contribution in [3.8, 4) is 0 Å². The quantitative estimate of drug-likeness (QED) is 0.811. The lowest BCUT2D eigenvalue weighted by Crippen LogP contribution is -2.06. The topological polar surface area (TPSA) is 89.9 Å². The van der Waals surface area contributed by atoms with Crippen LogP contribution < -0.4 is 11.1 Å². The van der Waals surface area contributed by atoms with Gasteiger partial charge >= 0.3 is 6.01 Å². The van der Waals surface area contributed by atoms with Gasteiger partial charge in [0, 0.05) is 11.6 Å². The van der Waals surface area contributed by atoms with Crippen LogP contribution in [0.25, 0.3) is 0 Å². The van der Waals surface area contributed by atoms with Crippen LogP contribution in [0.2, 0.25) is 0 Å². The van der Waals surface area contributed by atoms with Crippen LogP contribution in [0, 0.1) is 0 Å². The molecule has 2 aromatic heterocycles. The smallest absolute Gasteiger partial charge is 0.316 e. The van der Waals surface area contributed by atoms with Gasteiger partial charge in [-0.25, -0.2) is 4.98 Å². The number of anilines is 1. The summed E-state index contributed by atoms with van der Waals surface area (Å²) in [6, 6.07) is 0.425. The van der Waals surface area contributed by atoms with Crippen LogP contribution in [-0.2, 0) is 6.54 Å². The van der Waals surface area contributed by atoms with Crippen LogP contribution in [-0.4, -0.2) is 15.2 Å². The highest BCUT2D eigenvalue weighted by Crippen LogP contribution is 2.19. The van der Waals surface area contributed by atoms with E-state index in [1.54, 1.807) is 17.5 Å². The third kappa shape index (κ3) is 2.31. The summed E-state index contributed by atoms with van der Waals surface area (Å²) in [4.78, 5) is 4.18. The number of thiazole rings is 1. The minimum absolute atomic E-state index is 0.0519. The minimum atomic E-state index is 0.0519. The van der Waals surface area contributed by atoms with Crippen molar-refractivity contribution >= 4 is 17.4 Å². The number of nitrogens with one attached hydrogen (secondary N) is 1. The lowest BCUT2D eigenvalue weighted by molar-refractivity contribution is 0.503. The minimum Gasteiger partial charge on any atom is -0.407 e. The van der Waals surface area contributed by atoms with E-state index in [4.69, 9.17) is 10.2 Å². The molecule has 2 rings (SSSR count). The second-order valence-corrected chi connectivity index (χ2v) is 3.87. The van der Waals surface area contributed by atoms with Gasteiger partial charge in [-0.2, -0.15) is 0 Å². The third-order valence-electron chi connectivity index (χ3n) is 1.80. The molecular weight excluding hydrogens is 214 g/mol. The first kappa shape index (κ1) is 10.1. The number of nitrogens with zero attached hydrogens (tertiary/aromatic N) is 3. The van der Waals surface area contributed by atoms with Crippen molar-refractivity contribution in [2.45, 2.75) is 19.5 Å². The predicted molar refractivity (Wildman–Crippen MR) is 56.3 cm³/mol. The molecule has 0 fully saturated rings. The van der Waals surface area contributed by atoms with E-state index in [-0.39, 0.29) is 12.6 Å². The maximum atomic E-state index is 5.35. The van der Waals surface area contributed by atoms with Crippen LogP contribution >= 0.6 is 11.3 Å². The van der Waals surface area contributed by atoms with E-state index in [2.05, 4.69) is 20.5 Å². The Balaban J connectivity index is 2.02. The predicted octanol–water partition coefficient (Wildman–Crippen LogP) is 1.16. The molecule has 0 aliphatic heterocycles. The van der Waals surface area contributed by atoms with Crippen molar-refractivity contribution in [3.05, 3.63) is 22.5 Å². The van der Waals surface area contributed by atoms with Gasteiger partial charge in [-0.15, -0.1) is 16.4 Å². The van der Waals surface area contributed by atoms with Gasteiger partial charge in [0.15, 0.2) is 0 Å². The summed E-state index contributed by atoms with van der Waals surface area (Å²) in [6.07, 6.45) is 1.76. The van der Waals surface area contributed by atoms with E-state index in [0.717, 1.165) is 5.01 Å². The fourth-order valence-electron chi connectivity index (χ4n) is 1.09. The molecule has 7 heteroatoms. The largest absolute Gasteiger partial charge is 0.407 e. The van der Waals surface area contributed by atoms with E-state index >= 15 is 0 Å². The molecule has 0 aliphatic carbocycles. The van der Waals surface area contributed by atoms with Crippen LogP contribution in [0.1, 0.15) is 23.9 Å². The summed E-state index contributed by atoms with van der Waals surface area (Å²) in [5, 5.41) is 13.5. The Morgan fingerprint density at radius 1 is 1.60 bits per heavy atom. The molecular formula is C8H11N5OS. The zero-order chi connectivity index (χ0) is 10.7. The zero-order valence-corrected chi connectivity index (χ0v) is 8.99. The van der Waals surface area contributed by atoms with Crippen molar-refractivity contribution in [1.82, 2.24) is 15.2 Å². The van der Waals surface area contributed by atoms with E-state index in [9.17, 15) is 0 Å². The fraction of sp³-hybridized carbons (Fsp3) is 0.375. The Hall–Kier alpha value is -1.47. The number of hydrogen-bond acceptors (Lipinski definition) is 7. The molecule has 0 saturated heterocycles. The van der Waals surface area contributed by atoms with Gasteiger partial charge in [0.1, 0.15) is 5.01 Å². The van der Waals surface area contributed by atoms with Crippen molar-refractivity contribution in [2.24, 2.45) is 5.73 Å². The standard InChI is InChI=1S/C8H11N5OS/c1-5(7-10-2-3-15-7)11-8-13-12-6(4-9)14-8/h2-3,5H,4,9H2,1H3,(H,11,13). The first-order chi connectivity index (χ1) is 7.29. The Bertz CT molecular complexity index is 412. The average Bonchev–Trinajstić information content (AvgIpc) is 2.87. The first-order valence-electron chi connectivity index (χ1n) is 4.48. The molecule has 6 nitrogen and oxygen atoms in total. The summed E-state index contributed by atoms with van der Waals surface area (Å²) in [5.41, 5.74) is 5.35. The molecule has 2 heterocycles. The van der Waals surface area contributed by atoms with Crippen molar-refractivity contribution in [1.29, 1.82) is 0 Å². The van der Waals surface area contributed by atoms with Crippen molar-refractivity contribution in [2.75, 3.05) is 5.32 Å². The van der Waals surface area contributed by atoms with Gasteiger partial charge < -0.3 is 15.5 Å². The van der Waals surface area contributed by atoms with E-state index in [1.807, 2.05) is 12.3 Å². The lowest BCUT2D eigenvalue weighted by atomic mass is 10.4. The third-order valence-corrected chi connectivity index (χ3v) is 2.76. The van der Waals surface area contributed by atoms with Gasteiger partial charge in [-0.3, -0.25) is 0 Å². The van der Waals surface area contributed by atoms with Crippen LogP contribution in [0.15, 0.2) is 16.0 Å². The monoisotopic (exact) mass is 225 g/mol. The number of nitrogens with two attached hydrogens (primary N) is 1. The molecule has 0 amide bonds. The van der Waals surface area contributed by atoms with E-state index in [1.165, 1.54) is 0 Å². The highest BCUT2D eigenvalue weighted by atomic mass is 32.1. The Labute approximate surface area is 90.5 Å². The first-order valence-corrected chi connectivity index (χ1v) is 5.36. The van der Waals surface area contributed by atoms with Gasteiger partial charge in [-0.1, -0.05) is 5.10 Å². The summed E-state index contributed by atoms with van der Waals surface area (Å²) in [6.45, 7) is 2.23. The van der Waals surface area contributed by atoms with Crippen molar-refractivity contribution < 1.29 is 4.42 Å². The molecule has 0 saturated carbocycles. The molecule has 15 heavy (non-hydrogen) atoms. The summed E-state index contributed by atoms with van der Waals surface area (Å²) in [5.74, 6) is 0.420. The highest BCUT2D eigenvalue weighted by molar-refractivity contribution is 7.09. The Morgan fingerprint density at radius 3 is 3.07 bits per heavy atom. The van der Waals surface area contributed by atoms with Crippen LogP contribution in [0.4, 0.5) is 6.01 Å². The number of hydrogen-bond donors (Lipinski definition) is 2. The molecule has 1 unspecified atom stereocenters. The normalized spacial score (nSPS) is 12.7. The van der Waals surface area contributed by atoms with E-state index < -0.39 is 0 Å². The molecule has 3 N–H and O–H groups in total. The van der Waals surface area contributed by atoms with Crippen LogP contribution in [0.3, 0.4) is 0 Å². The second-order valence-electron chi connectivity index (χ2n) is 2.94. The highest BCUT2D eigenvalue weighted by Gasteiger charge is 2.11. The van der Waals surface area contributed by atoms with Gasteiger partial charge in [-0.05, 0) is 6.92 Å². The number of aromatic nitrogens is 3. The van der Waals surface area contributed by atoms with Crippen molar-refractivity contribution in [3.63, 3.8) is 0 Å². The lowest BCUT2D eigenvalue weighted by Gasteiger charge is -2.07. The average molecular weight is 225 g/mol. The molecule has 1 atom stereocenters. The Kier molecular flexibility index (Phi) is 2.93. The molecule has 2 aromatic rings. The zero-order valence-electron chi connectivity index (χ0n) is 8.17. The maximum Gasteiger partial charge on any atom is 0.316 e. The van der Waals surface area contributed by atoms with E-state index in [0.29, 0.717) is 11.9 Å². The molecule has 0 radical (unpaired) electrons. The summed E-state index contributed by atoms with van der Waals surface area (Å²) in [7, 11) is 0. The van der Waals surface area contributed by atoms with Gasteiger partial charge in [0.05, 0.1) is 12.6 Å². The molecule has 0 aromatic carbocycles. The fourth-order valence-corrected chi connectivity index (χ4v) is 1.74. The number of rotatable bonds is 4. The molecule has 0 aliphatic rings. The summed E-state index contributed by atoms with van der Waals surface area (Å²) >= 11 is 1.57. The summed E-state index contributed by atoms with van der Waals surface area (Å²) < 4.78 is 5.22. The Morgan fingerprint density at radius 2 is 2.47 bits per heavy atom. The van der Waals surface area contributed by atoms with Gasteiger partial charge in [0.2, 0.25) is 5.89 Å².